The summed E-state index contributed by atoms with van der Waals surface area (Å²) in [5.74, 6) is -0.763. The number of halogens is 4. The molecule has 1 atom stereocenters. The molecule has 1 N–H and O–H groups in total. The van der Waals surface area contributed by atoms with Crippen LogP contribution in [-0.4, -0.2) is 36.2 Å². The molecule has 1 aliphatic carbocycles. The first-order valence-corrected chi connectivity index (χ1v) is 12.3. The van der Waals surface area contributed by atoms with Crippen molar-refractivity contribution in [2.75, 3.05) is 14.2 Å². The summed E-state index contributed by atoms with van der Waals surface area (Å²) in [6.07, 6.45) is -1.84. The molecule has 1 fully saturated rings. The molecule has 1 unspecified atom stereocenters. The van der Waals surface area contributed by atoms with Crippen LogP contribution < -0.4 is 14.2 Å². The third-order valence-corrected chi connectivity index (χ3v) is 6.77. The number of rotatable bonds is 11. The molecule has 1 saturated carbocycles. The fourth-order valence-electron chi connectivity index (χ4n) is 4.37. The van der Waals surface area contributed by atoms with Gasteiger partial charge in [0.05, 0.1) is 24.9 Å². The highest BCUT2D eigenvalue weighted by molar-refractivity contribution is 6.31. The number of pyridine rings is 1. The lowest BCUT2D eigenvalue weighted by Gasteiger charge is -2.28. The van der Waals surface area contributed by atoms with Gasteiger partial charge in [0, 0.05) is 24.5 Å². The van der Waals surface area contributed by atoms with Crippen LogP contribution in [0, 0.1) is 11.7 Å². The van der Waals surface area contributed by atoms with E-state index in [9.17, 15) is 23.1 Å². The molecule has 202 valence electrons. The van der Waals surface area contributed by atoms with Crippen LogP contribution in [0.4, 0.5) is 13.2 Å². The van der Waals surface area contributed by atoms with Gasteiger partial charge in [0.2, 0.25) is 0 Å². The molecule has 1 aromatic heterocycles. The van der Waals surface area contributed by atoms with Crippen LogP contribution in [0.5, 0.6) is 17.2 Å². The molecule has 0 radical (unpaired) electrons. The van der Waals surface area contributed by atoms with Crippen molar-refractivity contribution in [3.8, 4) is 28.5 Å². The van der Waals surface area contributed by atoms with Crippen molar-refractivity contribution in [1.29, 1.82) is 0 Å². The standard InChI is InChI=1S/C28H27ClF3NO5/c1-27(31,32)38-22-9-5-16(15-24(22)37-3)21(34)12-13-28(35,18-6-7-18)25-11-10-23(36-2)26(33-25)17-4-8-20(30)19(29)14-17/h4-5,8-11,14-15,18,35H,6-7,12-13H2,1-3H3. The Morgan fingerprint density at radius 2 is 1.74 bits per heavy atom. The van der Waals surface area contributed by atoms with Crippen molar-refractivity contribution in [3.05, 3.63) is 70.6 Å². The average Bonchev–Trinajstić information content (AvgIpc) is 3.74. The van der Waals surface area contributed by atoms with Gasteiger partial charge in [-0.25, -0.2) is 9.37 Å². The first kappa shape index (κ1) is 27.7. The molecule has 0 spiro atoms. The van der Waals surface area contributed by atoms with Gasteiger partial charge in [0.1, 0.15) is 22.9 Å². The lowest BCUT2D eigenvalue weighted by Crippen LogP contribution is -2.30. The van der Waals surface area contributed by atoms with Crippen molar-refractivity contribution in [2.24, 2.45) is 5.92 Å². The number of ketones is 1. The van der Waals surface area contributed by atoms with Crippen molar-refractivity contribution < 1.29 is 37.3 Å². The first-order chi connectivity index (χ1) is 17.9. The summed E-state index contributed by atoms with van der Waals surface area (Å²) in [5.41, 5.74) is 0.0751. The normalized spacial score (nSPS) is 15.1. The van der Waals surface area contributed by atoms with E-state index in [-0.39, 0.29) is 46.6 Å². The van der Waals surface area contributed by atoms with E-state index in [0.29, 0.717) is 29.6 Å². The number of aromatic nitrogens is 1. The Morgan fingerprint density at radius 1 is 1.05 bits per heavy atom. The topological polar surface area (TPSA) is 77.9 Å². The summed E-state index contributed by atoms with van der Waals surface area (Å²) >= 11 is 5.97. The minimum absolute atomic E-state index is 0.00532. The number of hydrogen-bond acceptors (Lipinski definition) is 6. The number of alkyl halides is 2. The molecular formula is C28H27ClF3NO5. The summed E-state index contributed by atoms with van der Waals surface area (Å²) < 4.78 is 55.5. The molecule has 0 aliphatic heterocycles. The van der Waals surface area contributed by atoms with Crippen LogP contribution in [0.2, 0.25) is 5.02 Å². The Labute approximate surface area is 223 Å². The molecule has 0 saturated heterocycles. The Kier molecular flexibility index (Phi) is 7.90. The number of ether oxygens (including phenoxy) is 3. The smallest absolute Gasteiger partial charge is 0.395 e. The first-order valence-electron chi connectivity index (χ1n) is 12.0. The van der Waals surface area contributed by atoms with Crippen LogP contribution in [0.15, 0.2) is 48.5 Å². The Hall–Kier alpha value is -3.30. The SMILES string of the molecule is COc1cc(C(=O)CCC(O)(c2ccc(OC)c(-c3ccc(F)c(Cl)c3)n2)C2CC2)ccc1OC(C)(F)F. The van der Waals surface area contributed by atoms with E-state index in [4.69, 9.17) is 21.1 Å². The van der Waals surface area contributed by atoms with Gasteiger partial charge in [0.25, 0.3) is 0 Å². The zero-order valence-corrected chi connectivity index (χ0v) is 21.8. The summed E-state index contributed by atoms with van der Waals surface area (Å²) in [4.78, 5) is 17.7. The zero-order chi connectivity index (χ0) is 27.7. The molecule has 0 amide bonds. The van der Waals surface area contributed by atoms with Gasteiger partial charge in [-0.05, 0) is 73.7 Å². The van der Waals surface area contributed by atoms with Crippen LogP contribution >= 0.6 is 11.6 Å². The van der Waals surface area contributed by atoms with E-state index in [2.05, 4.69) is 9.72 Å². The predicted octanol–water partition coefficient (Wildman–Crippen LogP) is 6.81. The quantitative estimate of drug-likeness (QED) is 0.265. The van der Waals surface area contributed by atoms with Gasteiger partial charge in [-0.15, -0.1) is 0 Å². The lowest BCUT2D eigenvalue weighted by molar-refractivity contribution is -0.159. The van der Waals surface area contributed by atoms with Crippen LogP contribution in [-0.2, 0) is 5.60 Å². The summed E-state index contributed by atoms with van der Waals surface area (Å²) in [7, 11) is 2.76. The second kappa shape index (κ2) is 10.8. The largest absolute Gasteiger partial charge is 0.494 e. The highest BCUT2D eigenvalue weighted by Gasteiger charge is 2.46. The lowest BCUT2D eigenvalue weighted by atomic mass is 9.86. The number of carbonyl (C=O) groups excluding carboxylic acids is 1. The maximum Gasteiger partial charge on any atom is 0.395 e. The number of aliphatic hydroxyl groups is 1. The fourth-order valence-corrected chi connectivity index (χ4v) is 4.55. The molecule has 4 rings (SSSR count). The van der Waals surface area contributed by atoms with Crippen LogP contribution in [0.25, 0.3) is 11.3 Å². The maximum absolute atomic E-state index is 13.7. The Balaban J connectivity index is 1.60. The van der Waals surface area contributed by atoms with E-state index >= 15 is 0 Å². The number of Topliss-reactive ketones (excluding diaryl/α,β-unsaturated/α-hetero) is 1. The van der Waals surface area contributed by atoms with Crippen LogP contribution in [0.3, 0.4) is 0 Å². The van der Waals surface area contributed by atoms with E-state index in [1.807, 2.05) is 0 Å². The summed E-state index contributed by atoms with van der Waals surface area (Å²) in [6, 6.07) is 11.5. The van der Waals surface area contributed by atoms with Crippen molar-refractivity contribution >= 4 is 17.4 Å². The Bertz CT molecular complexity index is 1340. The number of carbonyl (C=O) groups is 1. The van der Waals surface area contributed by atoms with E-state index in [1.165, 1.54) is 50.6 Å². The minimum atomic E-state index is -3.41. The number of hydrogen-bond donors (Lipinski definition) is 1. The van der Waals surface area contributed by atoms with E-state index in [0.717, 1.165) is 12.8 Å². The fraction of sp³-hybridized carbons (Fsp3) is 0.357. The average molecular weight is 550 g/mol. The number of methoxy groups -OCH3 is 2. The van der Waals surface area contributed by atoms with Crippen molar-refractivity contribution in [2.45, 2.75) is 44.3 Å². The maximum atomic E-state index is 13.7. The molecular weight excluding hydrogens is 523 g/mol. The molecule has 2 aromatic carbocycles. The van der Waals surface area contributed by atoms with Crippen LogP contribution in [0.1, 0.15) is 48.7 Å². The molecule has 1 aliphatic rings. The van der Waals surface area contributed by atoms with Crippen molar-refractivity contribution in [3.63, 3.8) is 0 Å². The summed E-state index contributed by atoms with van der Waals surface area (Å²) in [5, 5.41) is 11.7. The molecule has 1 heterocycles. The molecule has 3 aromatic rings. The zero-order valence-electron chi connectivity index (χ0n) is 21.1. The third kappa shape index (κ3) is 6.05. The van der Waals surface area contributed by atoms with E-state index < -0.39 is 17.5 Å². The minimum Gasteiger partial charge on any atom is -0.494 e. The molecule has 38 heavy (non-hydrogen) atoms. The second-order valence-corrected chi connectivity index (χ2v) is 9.68. The molecule has 10 heteroatoms. The van der Waals surface area contributed by atoms with Gasteiger partial charge in [-0.2, -0.15) is 8.78 Å². The highest BCUT2D eigenvalue weighted by Crippen LogP contribution is 2.49. The second-order valence-electron chi connectivity index (χ2n) is 9.27. The van der Waals surface area contributed by atoms with Gasteiger partial charge in [-0.3, -0.25) is 4.79 Å². The third-order valence-electron chi connectivity index (χ3n) is 6.48. The van der Waals surface area contributed by atoms with E-state index in [1.54, 1.807) is 12.1 Å². The number of benzene rings is 2. The van der Waals surface area contributed by atoms with Crippen molar-refractivity contribution in [1.82, 2.24) is 4.98 Å². The van der Waals surface area contributed by atoms with Gasteiger partial charge in [-0.1, -0.05) is 11.6 Å². The summed E-state index contributed by atoms with van der Waals surface area (Å²) in [6.45, 7) is 0.605. The predicted molar refractivity (Wildman–Crippen MR) is 136 cm³/mol. The monoisotopic (exact) mass is 549 g/mol. The Morgan fingerprint density at radius 3 is 2.34 bits per heavy atom. The van der Waals surface area contributed by atoms with Gasteiger partial charge in [0.15, 0.2) is 17.3 Å². The highest BCUT2D eigenvalue weighted by atomic mass is 35.5. The molecule has 6 nitrogen and oxygen atoms in total. The van der Waals surface area contributed by atoms with Gasteiger partial charge < -0.3 is 19.3 Å². The van der Waals surface area contributed by atoms with Gasteiger partial charge >= 0.3 is 6.11 Å². The molecule has 0 bridgehead atoms. The number of nitrogens with zero attached hydrogens (tertiary/aromatic N) is 1.